The molecule has 0 amide bonds. The Kier molecular flexibility index (Phi) is 2.95. The maximum absolute atomic E-state index is 5.72. The van der Waals surface area contributed by atoms with Crippen LogP contribution in [0.15, 0.2) is 11.4 Å². The molecule has 0 aromatic carbocycles. The third-order valence-corrected chi connectivity index (χ3v) is 2.80. The number of alkyl halides is 1. The van der Waals surface area contributed by atoms with Gasteiger partial charge in [-0.25, -0.2) is 0 Å². The van der Waals surface area contributed by atoms with Crippen LogP contribution in [0.3, 0.4) is 0 Å². The predicted molar refractivity (Wildman–Crippen MR) is 59.3 cm³/mol. The van der Waals surface area contributed by atoms with Crippen molar-refractivity contribution in [2.24, 2.45) is 12.2 Å². The normalized spacial score (nSPS) is 20.2. The summed E-state index contributed by atoms with van der Waals surface area (Å²) in [4.78, 5) is 5.20. The fourth-order valence-electron chi connectivity index (χ4n) is 1.71. The highest BCUT2D eigenvalue weighted by atomic mass is 35.5. The number of rotatable bonds is 3. The van der Waals surface area contributed by atoms with E-state index < -0.39 is 0 Å². The Hall–Kier alpha value is -1.03. The van der Waals surface area contributed by atoms with Crippen LogP contribution in [0.1, 0.15) is 24.6 Å². The van der Waals surface area contributed by atoms with Gasteiger partial charge in [0.25, 0.3) is 0 Å². The van der Waals surface area contributed by atoms with Crippen molar-refractivity contribution >= 4 is 17.3 Å². The fraction of sp³-hybridized carbons (Fsp3) is 0.600. The first-order valence-corrected chi connectivity index (χ1v) is 5.59. The quantitative estimate of drug-likeness (QED) is 0.738. The monoisotopic (exact) mass is 227 g/mol. The molecule has 0 spiro atoms. The number of hydrogen-bond donors (Lipinski definition) is 0. The zero-order chi connectivity index (χ0) is 10.8. The molecule has 82 valence electrons. The maximum atomic E-state index is 5.72. The summed E-state index contributed by atoms with van der Waals surface area (Å²) in [6.45, 7) is 2.08. The molecule has 2 rings (SSSR count). The molecule has 0 saturated carbocycles. The van der Waals surface area contributed by atoms with Crippen LogP contribution in [0.5, 0.6) is 0 Å². The average Bonchev–Trinajstić information content (AvgIpc) is 2.82. The molecule has 0 N–H and O–H groups in total. The van der Waals surface area contributed by atoms with Gasteiger partial charge in [0.1, 0.15) is 6.10 Å². The van der Waals surface area contributed by atoms with Crippen LogP contribution in [0.25, 0.3) is 0 Å². The van der Waals surface area contributed by atoms with Gasteiger partial charge in [0.15, 0.2) is 0 Å². The van der Waals surface area contributed by atoms with E-state index in [1.807, 2.05) is 17.9 Å². The molecule has 1 aliphatic heterocycles. The van der Waals surface area contributed by atoms with Gasteiger partial charge in [0.05, 0.1) is 17.3 Å². The van der Waals surface area contributed by atoms with Crippen molar-refractivity contribution in [3.8, 4) is 0 Å². The third-order valence-electron chi connectivity index (χ3n) is 2.46. The van der Waals surface area contributed by atoms with Gasteiger partial charge in [-0.05, 0) is 6.42 Å². The highest BCUT2D eigenvalue weighted by Crippen LogP contribution is 2.19. The molecule has 15 heavy (non-hydrogen) atoms. The molecule has 1 unspecified atom stereocenters. The summed E-state index contributed by atoms with van der Waals surface area (Å²) in [5, 5.41) is 8.43. The molecule has 0 bridgehead atoms. The van der Waals surface area contributed by atoms with Gasteiger partial charge in [-0.1, -0.05) is 12.1 Å². The van der Waals surface area contributed by atoms with Crippen LogP contribution in [-0.2, 0) is 18.3 Å². The van der Waals surface area contributed by atoms with Gasteiger partial charge in [-0.3, -0.25) is 4.68 Å². The number of nitrogens with zero attached hydrogens (tertiary/aromatic N) is 3. The summed E-state index contributed by atoms with van der Waals surface area (Å²) in [5.41, 5.74) is 3.12. The van der Waals surface area contributed by atoms with Gasteiger partial charge >= 0.3 is 0 Å². The summed E-state index contributed by atoms with van der Waals surface area (Å²) in [7, 11) is 1.91. The molecule has 1 atom stereocenters. The first-order valence-electron chi connectivity index (χ1n) is 5.06. The Labute approximate surface area is 93.9 Å². The van der Waals surface area contributed by atoms with E-state index in [-0.39, 0.29) is 6.10 Å². The van der Waals surface area contributed by atoms with E-state index in [0.29, 0.717) is 5.88 Å². The van der Waals surface area contributed by atoms with Gasteiger partial charge in [0, 0.05) is 25.2 Å². The smallest absolute Gasteiger partial charge is 0.146 e. The highest BCUT2D eigenvalue weighted by Gasteiger charge is 2.24. The summed E-state index contributed by atoms with van der Waals surface area (Å²) < 4.78 is 1.81. The first-order chi connectivity index (χ1) is 7.24. The lowest BCUT2D eigenvalue weighted by atomic mass is 10.1. The summed E-state index contributed by atoms with van der Waals surface area (Å²) in [5.74, 6) is 0.481. The van der Waals surface area contributed by atoms with Crippen LogP contribution in [0, 0.1) is 0 Å². The van der Waals surface area contributed by atoms with E-state index >= 15 is 0 Å². The third kappa shape index (κ3) is 2.00. The van der Waals surface area contributed by atoms with Gasteiger partial charge in [-0.2, -0.15) is 5.10 Å². The predicted octanol–water partition coefficient (Wildman–Crippen LogP) is 1.71. The van der Waals surface area contributed by atoms with Crippen molar-refractivity contribution in [3.05, 3.63) is 17.5 Å². The second-order valence-corrected chi connectivity index (χ2v) is 3.95. The van der Waals surface area contributed by atoms with E-state index in [9.17, 15) is 0 Å². The lowest BCUT2D eigenvalue weighted by molar-refractivity contribution is 0.102. The molecule has 1 aliphatic rings. The van der Waals surface area contributed by atoms with E-state index in [2.05, 4.69) is 17.2 Å². The van der Waals surface area contributed by atoms with Gasteiger partial charge in [0.2, 0.25) is 0 Å². The Balaban J connectivity index is 2.23. The van der Waals surface area contributed by atoms with Crippen molar-refractivity contribution in [1.29, 1.82) is 0 Å². The van der Waals surface area contributed by atoms with Crippen LogP contribution >= 0.6 is 11.6 Å². The SMILES string of the molecule is CCc1nn(C)cc1C1=NOC(CCl)C1. The minimum Gasteiger partial charge on any atom is -0.391 e. The summed E-state index contributed by atoms with van der Waals surface area (Å²) in [6, 6.07) is 0. The van der Waals surface area contributed by atoms with Crippen molar-refractivity contribution < 1.29 is 4.84 Å². The Morgan fingerprint density at radius 3 is 3.07 bits per heavy atom. The van der Waals surface area contributed by atoms with E-state index in [4.69, 9.17) is 16.4 Å². The number of oxime groups is 1. The van der Waals surface area contributed by atoms with Crippen LogP contribution in [0.2, 0.25) is 0 Å². The largest absolute Gasteiger partial charge is 0.391 e. The second kappa shape index (κ2) is 4.23. The van der Waals surface area contributed by atoms with E-state index in [1.165, 1.54) is 0 Å². The molecular formula is C10H14ClN3O. The van der Waals surface area contributed by atoms with Gasteiger partial charge in [-0.15, -0.1) is 11.6 Å². The molecule has 4 nitrogen and oxygen atoms in total. The second-order valence-electron chi connectivity index (χ2n) is 3.64. The Bertz CT molecular complexity index is 386. The van der Waals surface area contributed by atoms with Crippen molar-refractivity contribution in [2.45, 2.75) is 25.9 Å². The van der Waals surface area contributed by atoms with E-state index in [0.717, 1.165) is 29.8 Å². The van der Waals surface area contributed by atoms with Crippen LogP contribution < -0.4 is 0 Å². The highest BCUT2D eigenvalue weighted by molar-refractivity contribution is 6.18. The molecule has 5 heteroatoms. The van der Waals surface area contributed by atoms with Crippen LogP contribution in [0.4, 0.5) is 0 Å². The molecule has 0 saturated heterocycles. The van der Waals surface area contributed by atoms with Crippen molar-refractivity contribution in [3.63, 3.8) is 0 Å². The fourth-order valence-corrected chi connectivity index (χ4v) is 1.87. The average molecular weight is 228 g/mol. The molecule has 2 heterocycles. The zero-order valence-corrected chi connectivity index (χ0v) is 9.66. The maximum Gasteiger partial charge on any atom is 0.146 e. The zero-order valence-electron chi connectivity index (χ0n) is 8.90. The number of aromatic nitrogens is 2. The summed E-state index contributed by atoms with van der Waals surface area (Å²) in [6.07, 6.45) is 3.69. The molecule has 0 radical (unpaired) electrons. The number of aryl methyl sites for hydroxylation is 2. The van der Waals surface area contributed by atoms with Crippen LogP contribution in [-0.4, -0.2) is 27.5 Å². The standard InChI is InChI=1S/C10H14ClN3O/c1-3-9-8(6-14(2)12-9)10-4-7(5-11)15-13-10/h6-7H,3-5H2,1-2H3. The minimum absolute atomic E-state index is 0.0200. The summed E-state index contributed by atoms with van der Waals surface area (Å²) >= 11 is 5.72. The van der Waals surface area contributed by atoms with Crippen molar-refractivity contribution in [2.75, 3.05) is 5.88 Å². The Morgan fingerprint density at radius 2 is 2.47 bits per heavy atom. The number of halogens is 1. The molecular weight excluding hydrogens is 214 g/mol. The number of hydrogen-bond acceptors (Lipinski definition) is 3. The molecule has 1 aromatic heterocycles. The van der Waals surface area contributed by atoms with E-state index in [1.54, 1.807) is 0 Å². The lowest BCUT2D eigenvalue weighted by Crippen LogP contribution is -2.10. The van der Waals surface area contributed by atoms with Gasteiger partial charge < -0.3 is 4.84 Å². The molecule has 0 aliphatic carbocycles. The first kappa shape index (κ1) is 10.5. The Morgan fingerprint density at radius 1 is 1.67 bits per heavy atom. The molecule has 1 aromatic rings. The topological polar surface area (TPSA) is 39.4 Å². The minimum atomic E-state index is 0.0200. The lowest BCUT2D eigenvalue weighted by Gasteiger charge is -2.00. The molecule has 0 fully saturated rings. The van der Waals surface area contributed by atoms with Crippen molar-refractivity contribution in [1.82, 2.24) is 9.78 Å².